The van der Waals surface area contributed by atoms with E-state index in [1.165, 1.54) is 0 Å². The monoisotopic (exact) mass is 374 g/mol. The zero-order valence-corrected chi connectivity index (χ0v) is 15.3. The van der Waals surface area contributed by atoms with Gasteiger partial charge in [-0.25, -0.2) is 0 Å². The SMILES string of the molecule is O=C(COc1ccccc1)NCC(c1ccccc1Cl)N1CCOCC1. The Balaban J connectivity index is 1.60. The molecule has 1 aliphatic heterocycles. The minimum Gasteiger partial charge on any atom is -0.484 e. The Labute approximate surface area is 158 Å². The van der Waals surface area contributed by atoms with Gasteiger partial charge in [-0.05, 0) is 23.8 Å². The summed E-state index contributed by atoms with van der Waals surface area (Å²) in [6.45, 7) is 3.46. The van der Waals surface area contributed by atoms with Gasteiger partial charge in [0.2, 0.25) is 0 Å². The molecule has 3 rings (SSSR count). The van der Waals surface area contributed by atoms with Gasteiger partial charge in [-0.1, -0.05) is 48.0 Å². The molecular formula is C20H23ClN2O3. The van der Waals surface area contributed by atoms with Crippen molar-refractivity contribution in [2.24, 2.45) is 0 Å². The second-order valence-corrected chi connectivity index (χ2v) is 6.50. The zero-order chi connectivity index (χ0) is 18.2. The predicted molar refractivity (Wildman–Crippen MR) is 102 cm³/mol. The third-order valence-electron chi connectivity index (χ3n) is 4.36. The van der Waals surface area contributed by atoms with E-state index in [0.29, 0.717) is 30.5 Å². The fraction of sp³-hybridized carbons (Fsp3) is 0.350. The van der Waals surface area contributed by atoms with E-state index in [1.807, 2.05) is 54.6 Å². The lowest BCUT2D eigenvalue weighted by Gasteiger charge is -2.35. The molecule has 5 nitrogen and oxygen atoms in total. The van der Waals surface area contributed by atoms with Crippen molar-refractivity contribution in [3.05, 3.63) is 65.2 Å². The molecule has 1 saturated heterocycles. The van der Waals surface area contributed by atoms with Gasteiger partial charge in [-0.3, -0.25) is 9.69 Å². The van der Waals surface area contributed by atoms with Crippen LogP contribution in [-0.2, 0) is 9.53 Å². The number of amides is 1. The highest BCUT2D eigenvalue weighted by Crippen LogP contribution is 2.27. The van der Waals surface area contributed by atoms with Gasteiger partial charge in [-0.2, -0.15) is 0 Å². The summed E-state index contributed by atoms with van der Waals surface area (Å²) in [7, 11) is 0. The predicted octanol–water partition coefficient (Wildman–Crippen LogP) is 2.91. The molecule has 1 atom stereocenters. The average Bonchev–Trinajstić information content (AvgIpc) is 2.69. The van der Waals surface area contributed by atoms with E-state index in [1.54, 1.807) is 0 Å². The number of carbonyl (C=O) groups is 1. The number of ether oxygens (including phenoxy) is 2. The Morgan fingerprint density at radius 1 is 1.12 bits per heavy atom. The van der Waals surface area contributed by atoms with Crippen LogP contribution in [0.2, 0.25) is 5.02 Å². The molecule has 0 aromatic heterocycles. The molecule has 0 bridgehead atoms. The van der Waals surface area contributed by atoms with E-state index in [2.05, 4.69) is 10.2 Å². The Morgan fingerprint density at radius 3 is 2.54 bits per heavy atom. The molecule has 0 aliphatic carbocycles. The summed E-state index contributed by atoms with van der Waals surface area (Å²) >= 11 is 6.40. The molecule has 1 fully saturated rings. The molecule has 6 heteroatoms. The molecule has 26 heavy (non-hydrogen) atoms. The molecule has 0 spiro atoms. The maximum absolute atomic E-state index is 12.2. The number of carbonyl (C=O) groups excluding carboxylic acids is 1. The summed E-state index contributed by atoms with van der Waals surface area (Å²) in [4.78, 5) is 14.5. The van der Waals surface area contributed by atoms with Crippen LogP contribution in [0.25, 0.3) is 0 Å². The van der Waals surface area contributed by atoms with Crippen LogP contribution >= 0.6 is 11.6 Å². The minimum atomic E-state index is -0.154. The van der Waals surface area contributed by atoms with E-state index < -0.39 is 0 Å². The molecular weight excluding hydrogens is 352 g/mol. The molecule has 1 heterocycles. The molecule has 0 radical (unpaired) electrons. The van der Waals surface area contributed by atoms with E-state index in [9.17, 15) is 4.79 Å². The Bertz CT molecular complexity index is 705. The van der Waals surface area contributed by atoms with Gasteiger partial charge >= 0.3 is 0 Å². The number of benzene rings is 2. The average molecular weight is 375 g/mol. The van der Waals surface area contributed by atoms with Gasteiger partial charge in [0.1, 0.15) is 5.75 Å². The fourth-order valence-corrected chi connectivity index (χ4v) is 3.26. The maximum atomic E-state index is 12.2. The largest absolute Gasteiger partial charge is 0.484 e. The number of hydrogen-bond acceptors (Lipinski definition) is 4. The lowest BCUT2D eigenvalue weighted by Crippen LogP contribution is -2.44. The van der Waals surface area contributed by atoms with Gasteiger partial charge in [0, 0.05) is 24.7 Å². The Hall–Kier alpha value is -2.08. The molecule has 1 N–H and O–H groups in total. The van der Waals surface area contributed by atoms with Crippen molar-refractivity contribution in [2.75, 3.05) is 39.5 Å². The summed E-state index contributed by atoms with van der Waals surface area (Å²) in [6.07, 6.45) is 0. The summed E-state index contributed by atoms with van der Waals surface area (Å²) < 4.78 is 11.0. The van der Waals surface area contributed by atoms with E-state index in [4.69, 9.17) is 21.1 Å². The standard InChI is InChI=1S/C20H23ClN2O3/c21-18-9-5-4-8-17(18)19(23-10-12-25-13-11-23)14-22-20(24)15-26-16-6-2-1-3-7-16/h1-9,19H,10-15H2,(H,22,24). The Morgan fingerprint density at radius 2 is 1.81 bits per heavy atom. The highest BCUT2D eigenvalue weighted by atomic mass is 35.5. The van der Waals surface area contributed by atoms with Crippen LogP contribution in [0.5, 0.6) is 5.75 Å². The van der Waals surface area contributed by atoms with Gasteiger partial charge in [-0.15, -0.1) is 0 Å². The van der Waals surface area contributed by atoms with Crippen LogP contribution in [0.3, 0.4) is 0 Å². The van der Waals surface area contributed by atoms with Crippen LogP contribution in [-0.4, -0.2) is 50.3 Å². The second-order valence-electron chi connectivity index (χ2n) is 6.09. The first-order valence-corrected chi connectivity index (χ1v) is 9.12. The van der Waals surface area contributed by atoms with Crippen molar-refractivity contribution < 1.29 is 14.3 Å². The number of halogens is 1. The van der Waals surface area contributed by atoms with E-state index in [-0.39, 0.29) is 18.6 Å². The minimum absolute atomic E-state index is 0.00766. The second kappa shape index (κ2) is 9.57. The van der Waals surface area contributed by atoms with Crippen molar-refractivity contribution >= 4 is 17.5 Å². The highest BCUT2D eigenvalue weighted by Gasteiger charge is 2.24. The topological polar surface area (TPSA) is 50.8 Å². The summed E-state index contributed by atoms with van der Waals surface area (Å²) in [5.41, 5.74) is 1.01. The number of nitrogens with one attached hydrogen (secondary N) is 1. The quantitative estimate of drug-likeness (QED) is 0.809. The van der Waals surface area contributed by atoms with Crippen LogP contribution in [0.15, 0.2) is 54.6 Å². The normalized spacial score (nSPS) is 16.0. The van der Waals surface area contributed by atoms with Crippen LogP contribution in [0.4, 0.5) is 0 Å². The van der Waals surface area contributed by atoms with Crippen LogP contribution in [0.1, 0.15) is 11.6 Å². The lowest BCUT2D eigenvalue weighted by molar-refractivity contribution is -0.123. The molecule has 2 aromatic carbocycles. The number of nitrogens with zero attached hydrogens (tertiary/aromatic N) is 1. The summed E-state index contributed by atoms with van der Waals surface area (Å²) in [5.74, 6) is 0.526. The van der Waals surface area contributed by atoms with E-state index in [0.717, 1.165) is 18.7 Å². The molecule has 2 aromatic rings. The fourth-order valence-electron chi connectivity index (χ4n) is 3.00. The van der Waals surface area contributed by atoms with Crippen molar-refractivity contribution in [1.82, 2.24) is 10.2 Å². The Kier molecular flexibility index (Phi) is 6.89. The highest BCUT2D eigenvalue weighted by molar-refractivity contribution is 6.31. The molecule has 138 valence electrons. The first-order chi connectivity index (χ1) is 12.7. The van der Waals surface area contributed by atoms with Gasteiger partial charge in [0.25, 0.3) is 5.91 Å². The molecule has 1 unspecified atom stereocenters. The summed E-state index contributed by atoms with van der Waals surface area (Å²) in [6, 6.07) is 17.1. The number of rotatable bonds is 7. The first-order valence-electron chi connectivity index (χ1n) is 8.75. The molecule has 0 saturated carbocycles. The van der Waals surface area contributed by atoms with Crippen molar-refractivity contribution in [3.63, 3.8) is 0 Å². The van der Waals surface area contributed by atoms with Crippen LogP contribution in [0, 0.1) is 0 Å². The number of hydrogen-bond donors (Lipinski definition) is 1. The van der Waals surface area contributed by atoms with Gasteiger partial charge in [0.15, 0.2) is 6.61 Å². The van der Waals surface area contributed by atoms with Crippen molar-refractivity contribution in [3.8, 4) is 5.75 Å². The lowest BCUT2D eigenvalue weighted by atomic mass is 10.0. The van der Waals surface area contributed by atoms with Crippen LogP contribution < -0.4 is 10.1 Å². The van der Waals surface area contributed by atoms with E-state index >= 15 is 0 Å². The summed E-state index contributed by atoms with van der Waals surface area (Å²) in [5, 5.41) is 3.68. The third-order valence-corrected chi connectivity index (χ3v) is 4.70. The van der Waals surface area contributed by atoms with Crippen molar-refractivity contribution in [2.45, 2.75) is 6.04 Å². The zero-order valence-electron chi connectivity index (χ0n) is 14.6. The van der Waals surface area contributed by atoms with Gasteiger partial charge < -0.3 is 14.8 Å². The first kappa shape index (κ1) is 18.7. The van der Waals surface area contributed by atoms with Gasteiger partial charge in [0.05, 0.1) is 19.3 Å². The smallest absolute Gasteiger partial charge is 0.258 e. The molecule has 1 amide bonds. The van der Waals surface area contributed by atoms with Crippen molar-refractivity contribution in [1.29, 1.82) is 0 Å². The number of para-hydroxylation sites is 1. The maximum Gasteiger partial charge on any atom is 0.258 e. The number of morpholine rings is 1. The molecule has 1 aliphatic rings. The third kappa shape index (κ3) is 5.21.